The molecule has 0 saturated heterocycles. The van der Waals surface area contributed by atoms with E-state index < -0.39 is 0 Å². The minimum Gasteiger partial charge on any atom is -0.485 e. The van der Waals surface area contributed by atoms with Gasteiger partial charge in [0.15, 0.2) is 0 Å². The number of hydrogen-bond acceptors (Lipinski definition) is 3. The summed E-state index contributed by atoms with van der Waals surface area (Å²) in [6, 6.07) is 9.55. The van der Waals surface area contributed by atoms with Crippen LogP contribution in [0.15, 0.2) is 36.5 Å². The van der Waals surface area contributed by atoms with Crippen LogP contribution in [0.2, 0.25) is 5.02 Å². The molecule has 19 heavy (non-hydrogen) atoms. The number of rotatable bonds is 1. The van der Waals surface area contributed by atoms with Crippen molar-refractivity contribution in [3.63, 3.8) is 0 Å². The number of benzene rings is 1. The quantitative estimate of drug-likeness (QED) is 0.865. The molecule has 0 fully saturated rings. The highest BCUT2D eigenvalue weighted by Gasteiger charge is 2.27. The second-order valence-electron chi connectivity index (χ2n) is 4.86. The first-order valence-electron chi connectivity index (χ1n) is 6.28. The second-order valence-corrected chi connectivity index (χ2v) is 5.30. The van der Waals surface area contributed by atoms with Gasteiger partial charge in [-0.1, -0.05) is 17.7 Å². The van der Waals surface area contributed by atoms with Crippen LogP contribution in [-0.4, -0.2) is 4.98 Å². The Bertz CT molecular complexity index is 598. The number of nitrogens with two attached hydrogens (primary N) is 1. The van der Waals surface area contributed by atoms with E-state index in [-0.39, 0.29) is 12.1 Å². The molecule has 2 atom stereocenters. The zero-order valence-corrected chi connectivity index (χ0v) is 11.4. The number of fused-ring (bicyclic) bond motifs is 1. The molecule has 0 radical (unpaired) electrons. The van der Waals surface area contributed by atoms with Gasteiger partial charge in [0.2, 0.25) is 0 Å². The van der Waals surface area contributed by atoms with Gasteiger partial charge in [-0.2, -0.15) is 0 Å². The molecule has 1 aliphatic rings. The van der Waals surface area contributed by atoms with Crippen molar-refractivity contribution in [1.82, 2.24) is 4.98 Å². The van der Waals surface area contributed by atoms with Crippen LogP contribution in [0.5, 0.6) is 5.75 Å². The molecule has 2 N–H and O–H groups in total. The molecule has 0 spiro atoms. The van der Waals surface area contributed by atoms with E-state index >= 15 is 0 Å². The van der Waals surface area contributed by atoms with Gasteiger partial charge in [-0.3, -0.25) is 4.98 Å². The van der Waals surface area contributed by atoms with Gasteiger partial charge in [0.1, 0.15) is 11.9 Å². The SMILES string of the molecule is Cc1ccc(C2C[C@H](N)c3cc(Cl)ccc3O2)cn1. The maximum absolute atomic E-state index is 6.21. The Labute approximate surface area is 117 Å². The smallest absolute Gasteiger partial charge is 0.127 e. The van der Waals surface area contributed by atoms with Gasteiger partial charge in [0.05, 0.1) is 0 Å². The third-order valence-electron chi connectivity index (χ3n) is 3.41. The molecule has 3 rings (SSSR count). The van der Waals surface area contributed by atoms with Crippen LogP contribution >= 0.6 is 11.6 Å². The molecule has 0 aliphatic carbocycles. The third-order valence-corrected chi connectivity index (χ3v) is 3.65. The molecule has 1 aliphatic heterocycles. The number of hydrogen-bond donors (Lipinski definition) is 1. The van der Waals surface area contributed by atoms with E-state index in [4.69, 9.17) is 22.1 Å². The standard InChI is InChI=1S/C15H15ClN2O/c1-9-2-3-10(8-18-9)15-7-13(17)12-6-11(16)4-5-14(12)19-15/h2-6,8,13,15H,7,17H2,1H3/t13-,15?/m0/s1. The lowest BCUT2D eigenvalue weighted by molar-refractivity contribution is 0.161. The molecular weight excluding hydrogens is 260 g/mol. The van der Waals surface area contributed by atoms with E-state index in [9.17, 15) is 0 Å². The molecule has 0 bridgehead atoms. The first kappa shape index (κ1) is 12.5. The molecule has 1 aromatic carbocycles. The third kappa shape index (κ3) is 2.44. The van der Waals surface area contributed by atoms with Crippen molar-refractivity contribution in [3.05, 3.63) is 58.4 Å². The molecule has 2 heterocycles. The minimum absolute atomic E-state index is 0.0447. The summed E-state index contributed by atoms with van der Waals surface area (Å²) < 4.78 is 6.00. The highest BCUT2D eigenvalue weighted by molar-refractivity contribution is 6.30. The maximum Gasteiger partial charge on any atom is 0.127 e. The summed E-state index contributed by atoms with van der Waals surface area (Å²) in [7, 11) is 0. The molecule has 98 valence electrons. The van der Waals surface area contributed by atoms with Crippen LogP contribution in [0, 0.1) is 6.92 Å². The Hall–Kier alpha value is -1.58. The predicted octanol–water partition coefficient (Wildman–Crippen LogP) is 3.57. The number of ether oxygens (including phenoxy) is 1. The van der Waals surface area contributed by atoms with Gasteiger partial charge in [0, 0.05) is 40.5 Å². The van der Waals surface area contributed by atoms with Crippen molar-refractivity contribution < 1.29 is 4.74 Å². The summed E-state index contributed by atoms with van der Waals surface area (Å²) in [5.41, 5.74) is 9.24. The molecule has 1 unspecified atom stereocenters. The fraction of sp³-hybridized carbons (Fsp3) is 0.267. The van der Waals surface area contributed by atoms with E-state index in [0.29, 0.717) is 5.02 Å². The Morgan fingerprint density at radius 1 is 1.32 bits per heavy atom. The van der Waals surface area contributed by atoms with Crippen molar-refractivity contribution in [1.29, 1.82) is 0 Å². The van der Waals surface area contributed by atoms with Gasteiger partial charge in [-0.25, -0.2) is 0 Å². The largest absolute Gasteiger partial charge is 0.485 e. The van der Waals surface area contributed by atoms with Gasteiger partial charge in [-0.15, -0.1) is 0 Å². The zero-order chi connectivity index (χ0) is 13.4. The van der Waals surface area contributed by atoms with Crippen molar-refractivity contribution in [2.24, 2.45) is 5.73 Å². The fourth-order valence-corrected chi connectivity index (χ4v) is 2.53. The van der Waals surface area contributed by atoms with Crippen molar-refractivity contribution in [2.45, 2.75) is 25.5 Å². The van der Waals surface area contributed by atoms with Gasteiger partial charge < -0.3 is 10.5 Å². The van der Waals surface area contributed by atoms with Crippen molar-refractivity contribution in [3.8, 4) is 5.75 Å². The Morgan fingerprint density at radius 2 is 2.16 bits per heavy atom. The topological polar surface area (TPSA) is 48.1 Å². The number of aryl methyl sites for hydroxylation is 1. The average molecular weight is 275 g/mol. The second kappa shape index (κ2) is 4.83. The van der Waals surface area contributed by atoms with E-state index in [2.05, 4.69) is 4.98 Å². The zero-order valence-electron chi connectivity index (χ0n) is 10.6. The maximum atomic E-state index is 6.21. The molecule has 2 aromatic rings. The summed E-state index contributed by atoms with van der Waals surface area (Å²) in [6.45, 7) is 1.97. The molecule has 0 saturated carbocycles. The molecular formula is C15H15ClN2O. The monoisotopic (exact) mass is 274 g/mol. The predicted molar refractivity (Wildman–Crippen MR) is 75.3 cm³/mol. The highest BCUT2D eigenvalue weighted by atomic mass is 35.5. The van der Waals surface area contributed by atoms with Gasteiger partial charge >= 0.3 is 0 Å². The van der Waals surface area contributed by atoms with Crippen LogP contribution in [0.4, 0.5) is 0 Å². The highest BCUT2D eigenvalue weighted by Crippen LogP contribution is 2.40. The van der Waals surface area contributed by atoms with Gasteiger partial charge in [0.25, 0.3) is 0 Å². The molecule has 1 aromatic heterocycles. The molecule has 4 heteroatoms. The van der Waals surface area contributed by atoms with Crippen LogP contribution in [-0.2, 0) is 0 Å². The number of nitrogens with zero attached hydrogens (tertiary/aromatic N) is 1. The van der Waals surface area contributed by atoms with E-state index in [1.165, 1.54) is 0 Å². The number of halogens is 1. The lowest BCUT2D eigenvalue weighted by atomic mass is 9.94. The summed E-state index contributed by atoms with van der Waals surface area (Å²) in [5.74, 6) is 0.814. The van der Waals surface area contributed by atoms with Crippen LogP contribution < -0.4 is 10.5 Å². The summed E-state index contributed by atoms with van der Waals surface area (Å²) in [6.07, 6.45) is 2.54. The molecule has 0 amide bonds. The van der Waals surface area contributed by atoms with E-state index in [1.54, 1.807) is 0 Å². The lowest BCUT2D eigenvalue weighted by Gasteiger charge is -2.30. The molecule has 3 nitrogen and oxygen atoms in total. The summed E-state index contributed by atoms with van der Waals surface area (Å²) in [5, 5.41) is 0.688. The van der Waals surface area contributed by atoms with Crippen LogP contribution in [0.1, 0.15) is 35.4 Å². The normalized spacial score (nSPS) is 21.6. The van der Waals surface area contributed by atoms with Crippen LogP contribution in [0.3, 0.4) is 0 Å². The summed E-state index contributed by atoms with van der Waals surface area (Å²) >= 11 is 5.99. The number of aromatic nitrogens is 1. The minimum atomic E-state index is -0.0613. The fourth-order valence-electron chi connectivity index (χ4n) is 2.35. The Balaban J connectivity index is 1.92. The van der Waals surface area contributed by atoms with E-state index in [1.807, 2.05) is 43.5 Å². The average Bonchev–Trinajstić information content (AvgIpc) is 2.40. The Morgan fingerprint density at radius 3 is 2.89 bits per heavy atom. The van der Waals surface area contributed by atoms with E-state index in [0.717, 1.165) is 29.0 Å². The van der Waals surface area contributed by atoms with Crippen LogP contribution in [0.25, 0.3) is 0 Å². The lowest BCUT2D eigenvalue weighted by Crippen LogP contribution is -2.24. The first-order valence-corrected chi connectivity index (χ1v) is 6.65. The first-order chi connectivity index (χ1) is 9.13. The van der Waals surface area contributed by atoms with Gasteiger partial charge in [-0.05, 0) is 31.2 Å². The number of pyridine rings is 1. The Kier molecular flexibility index (Phi) is 3.17. The van der Waals surface area contributed by atoms with Crippen molar-refractivity contribution >= 4 is 11.6 Å². The summed E-state index contributed by atoms with van der Waals surface area (Å²) in [4.78, 5) is 4.31. The van der Waals surface area contributed by atoms with Crippen molar-refractivity contribution in [2.75, 3.05) is 0 Å².